The minimum Gasteiger partial charge on any atom is -0.343 e. The highest BCUT2D eigenvalue weighted by molar-refractivity contribution is 4.83. The molecule has 0 unspecified atom stereocenters. The van der Waals surface area contributed by atoms with Crippen molar-refractivity contribution in [1.82, 2.24) is 0 Å². The molecular weight excluding hydrogens is 252 g/mol. The Morgan fingerprint density at radius 1 is 1.00 bits per heavy atom. The smallest absolute Gasteiger partial charge is 0.278 e. The fourth-order valence-corrected chi connectivity index (χ4v) is 2.81. The van der Waals surface area contributed by atoms with Crippen LogP contribution >= 0.6 is 0 Å². The van der Waals surface area contributed by atoms with Gasteiger partial charge in [-0.3, -0.25) is 0 Å². The molecular formula is C17H30O3. The minimum absolute atomic E-state index is 0.0842. The topological polar surface area (TPSA) is 49.7 Å². The second kappa shape index (κ2) is 10.2. The van der Waals surface area contributed by atoms with Gasteiger partial charge < -0.3 is 14.9 Å². The molecule has 2 N–H and O–H groups in total. The normalized spacial score (nSPS) is 25.8. The molecule has 1 heterocycles. The fourth-order valence-electron chi connectivity index (χ4n) is 2.81. The molecule has 1 aliphatic heterocycles. The quantitative estimate of drug-likeness (QED) is 0.471. The Morgan fingerprint density at radius 2 is 1.60 bits per heavy atom. The predicted molar refractivity (Wildman–Crippen MR) is 80.9 cm³/mol. The first kappa shape index (κ1) is 17.5. The molecule has 1 atom stereocenters. The van der Waals surface area contributed by atoms with Crippen LogP contribution in [0.15, 0.2) is 0 Å². The highest BCUT2D eigenvalue weighted by Gasteiger charge is 2.27. The molecule has 0 saturated carbocycles. The standard InChI is InChI=1S/C17H30O3/c1-2-3-10-13-16-14-11-8-6-4-5-7-9-12-15-17(18,19)20-16/h1,16,18-19H,3-15H2/t16-/m1/s1. The molecule has 0 aromatic carbocycles. The molecule has 0 amide bonds. The Morgan fingerprint density at radius 3 is 2.25 bits per heavy atom. The second-order valence-corrected chi connectivity index (χ2v) is 5.95. The van der Waals surface area contributed by atoms with Gasteiger partial charge in [0.25, 0.3) is 5.97 Å². The third-order valence-electron chi connectivity index (χ3n) is 3.98. The molecule has 1 fully saturated rings. The number of rotatable bonds is 3. The largest absolute Gasteiger partial charge is 0.343 e. The van der Waals surface area contributed by atoms with Crippen LogP contribution in [0.3, 0.4) is 0 Å². The van der Waals surface area contributed by atoms with E-state index in [1.165, 1.54) is 32.1 Å². The Hall–Kier alpha value is -0.560. The number of ether oxygens (including phenoxy) is 1. The first-order valence-electron chi connectivity index (χ1n) is 8.20. The third kappa shape index (κ3) is 8.58. The van der Waals surface area contributed by atoms with Crippen LogP contribution in [0.2, 0.25) is 0 Å². The van der Waals surface area contributed by atoms with Gasteiger partial charge in [-0.25, -0.2) is 0 Å². The lowest BCUT2D eigenvalue weighted by Gasteiger charge is -2.28. The van der Waals surface area contributed by atoms with E-state index >= 15 is 0 Å². The average molecular weight is 282 g/mol. The van der Waals surface area contributed by atoms with Crippen LogP contribution < -0.4 is 0 Å². The maximum atomic E-state index is 9.95. The molecule has 0 bridgehead atoms. The molecule has 1 rings (SSSR count). The zero-order valence-electron chi connectivity index (χ0n) is 12.6. The van der Waals surface area contributed by atoms with E-state index in [4.69, 9.17) is 11.2 Å². The van der Waals surface area contributed by atoms with Gasteiger partial charge in [-0.1, -0.05) is 44.9 Å². The van der Waals surface area contributed by atoms with E-state index in [1.807, 2.05) is 0 Å². The Balaban J connectivity index is 2.47. The van der Waals surface area contributed by atoms with Crippen LogP contribution in [-0.4, -0.2) is 22.3 Å². The molecule has 3 nitrogen and oxygen atoms in total. The lowest BCUT2D eigenvalue weighted by molar-refractivity contribution is -0.358. The summed E-state index contributed by atoms with van der Waals surface area (Å²) in [5.74, 6) is 0.661. The van der Waals surface area contributed by atoms with Gasteiger partial charge in [-0.05, 0) is 25.7 Å². The van der Waals surface area contributed by atoms with Gasteiger partial charge in [0.05, 0.1) is 6.10 Å². The van der Waals surface area contributed by atoms with Gasteiger partial charge >= 0.3 is 0 Å². The molecule has 0 aromatic rings. The highest BCUT2D eigenvalue weighted by Crippen LogP contribution is 2.23. The van der Waals surface area contributed by atoms with Crippen molar-refractivity contribution in [1.29, 1.82) is 0 Å². The summed E-state index contributed by atoms with van der Waals surface area (Å²) in [4.78, 5) is 0. The van der Waals surface area contributed by atoms with Crippen molar-refractivity contribution in [3.8, 4) is 12.3 Å². The van der Waals surface area contributed by atoms with Crippen molar-refractivity contribution in [3.63, 3.8) is 0 Å². The summed E-state index contributed by atoms with van der Waals surface area (Å²) in [6, 6.07) is 0. The van der Waals surface area contributed by atoms with E-state index < -0.39 is 5.97 Å². The van der Waals surface area contributed by atoms with E-state index in [0.717, 1.165) is 44.9 Å². The maximum absolute atomic E-state index is 9.95. The molecule has 0 aromatic heterocycles. The Kier molecular flexibility index (Phi) is 8.93. The van der Waals surface area contributed by atoms with Crippen molar-refractivity contribution in [2.45, 2.75) is 95.5 Å². The van der Waals surface area contributed by atoms with E-state index in [1.54, 1.807) is 0 Å². The molecule has 0 radical (unpaired) electrons. The lowest BCUT2D eigenvalue weighted by Crippen LogP contribution is -2.36. The summed E-state index contributed by atoms with van der Waals surface area (Å²) >= 11 is 0. The molecule has 3 heteroatoms. The molecule has 116 valence electrons. The van der Waals surface area contributed by atoms with Crippen LogP contribution in [0.5, 0.6) is 0 Å². The van der Waals surface area contributed by atoms with Crippen molar-refractivity contribution in [2.75, 3.05) is 0 Å². The molecule has 0 aliphatic carbocycles. The van der Waals surface area contributed by atoms with Gasteiger partial charge in [-0.15, -0.1) is 12.3 Å². The van der Waals surface area contributed by atoms with Gasteiger partial charge in [0.2, 0.25) is 0 Å². The van der Waals surface area contributed by atoms with E-state index in [0.29, 0.717) is 6.42 Å². The SMILES string of the molecule is C#CCCC[C@@H]1CCCCCCCCCCC(O)(O)O1. The summed E-state index contributed by atoms with van der Waals surface area (Å²) in [5.41, 5.74) is 0. The van der Waals surface area contributed by atoms with E-state index in [-0.39, 0.29) is 6.10 Å². The van der Waals surface area contributed by atoms with Crippen molar-refractivity contribution >= 4 is 0 Å². The molecule has 0 spiro atoms. The van der Waals surface area contributed by atoms with Crippen molar-refractivity contribution in [2.24, 2.45) is 0 Å². The molecule has 1 saturated heterocycles. The van der Waals surface area contributed by atoms with E-state index in [9.17, 15) is 10.2 Å². The Bertz CT molecular complexity index is 280. The fraction of sp³-hybridized carbons (Fsp3) is 0.882. The summed E-state index contributed by atoms with van der Waals surface area (Å²) in [6.45, 7) is 0. The average Bonchev–Trinajstić information content (AvgIpc) is 2.41. The van der Waals surface area contributed by atoms with Gasteiger partial charge in [-0.2, -0.15) is 0 Å². The van der Waals surface area contributed by atoms with E-state index in [2.05, 4.69) is 5.92 Å². The van der Waals surface area contributed by atoms with Gasteiger partial charge in [0, 0.05) is 12.8 Å². The highest BCUT2D eigenvalue weighted by atomic mass is 16.8. The Labute approximate surface area is 123 Å². The first-order valence-corrected chi connectivity index (χ1v) is 8.20. The number of terminal acetylenes is 1. The summed E-state index contributed by atoms with van der Waals surface area (Å²) < 4.78 is 5.54. The summed E-state index contributed by atoms with van der Waals surface area (Å²) in [6.07, 6.45) is 18.0. The van der Waals surface area contributed by atoms with Crippen LogP contribution in [0, 0.1) is 12.3 Å². The second-order valence-electron chi connectivity index (χ2n) is 5.95. The molecule has 1 aliphatic rings. The predicted octanol–water partition coefficient (Wildman–Crippen LogP) is 3.73. The number of aliphatic hydroxyl groups is 2. The zero-order chi connectivity index (χ0) is 14.7. The third-order valence-corrected chi connectivity index (χ3v) is 3.98. The van der Waals surface area contributed by atoms with Crippen molar-refractivity contribution < 1.29 is 14.9 Å². The molecule has 20 heavy (non-hydrogen) atoms. The number of unbranched alkanes of at least 4 members (excludes halogenated alkanes) is 1. The van der Waals surface area contributed by atoms with Crippen LogP contribution in [0.4, 0.5) is 0 Å². The lowest BCUT2D eigenvalue weighted by atomic mass is 10.0. The minimum atomic E-state index is -1.96. The van der Waals surface area contributed by atoms with Crippen LogP contribution in [0.1, 0.15) is 83.5 Å². The number of hydrogen-bond acceptors (Lipinski definition) is 3. The van der Waals surface area contributed by atoms with Gasteiger partial charge in [0.1, 0.15) is 0 Å². The van der Waals surface area contributed by atoms with Crippen LogP contribution in [-0.2, 0) is 4.74 Å². The van der Waals surface area contributed by atoms with Crippen LogP contribution in [0.25, 0.3) is 0 Å². The zero-order valence-corrected chi connectivity index (χ0v) is 12.6. The summed E-state index contributed by atoms with van der Waals surface area (Å²) in [5, 5.41) is 19.9. The number of hydrogen-bond donors (Lipinski definition) is 2. The van der Waals surface area contributed by atoms with Crippen molar-refractivity contribution in [3.05, 3.63) is 0 Å². The maximum Gasteiger partial charge on any atom is 0.278 e. The first-order chi connectivity index (χ1) is 9.64. The summed E-state index contributed by atoms with van der Waals surface area (Å²) in [7, 11) is 0. The monoisotopic (exact) mass is 282 g/mol. The van der Waals surface area contributed by atoms with Gasteiger partial charge in [0.15, 0.2) is 0 Å².